The second-order valence-electron chi connectivity index (χ2n) is 8.19. The molecule has 6 nitrogen and oxygen atoms in total. The van der Waals surface area contributed by atoms with E-state index in [4.69, 9.17) is 9.47 Å². The van der Waals surface area contributed by atoms with Gasteiger partial charge in [-0.2, -0.15) is 0 Å². The minimum Gasteiger partial charge on any atom is -0.493 e. The first kappa shape index (κ1) is 22.0. The second kappa shape index (κ2) is 10.4. The van der Waals surface area contributed by atoms with Crippen LogP contribution in [0.25, 0.3) is 0 Å². The molecule has 31 heavy (non-hydrogen) atoms. The number of nitrogens with one attached hydrogen (secondary N) is 1. The monoisotopic (exact) mass is 441 g/mol. The van der Waals surface area contributed by atoms with Crippen LogP contribution in [0.2, 0.25) is 0 Å². The summed E-state index contributed by atoms with van der Waals surface area (Å²) in [6.07, 6.45) is 8.36. The average Bonchev–Trinajstić information content (AvgIpc) is 2.83. The molecule has 1 aromatic carbocycles. The van der Waals surface area contributed by atoms with Crippen LogP contribution in [-0.2, 0) is 0 Å². The van der Waals surface area contributed by atoms with Gasteiger partial charge in [-0.3, -0.25) is 4.79 Å². The first-order chi connectivity index (χ1) is 15.2. The van der Waals surface area contributed by atoms with E-state index >= 15 is 0 Å². The number of aromatic nitrogens is 1. The van der Waals surface area contributed by atoms with Gasteiger partial charge in [-0.05, 0) is 75.0 Å². The van der Waals surface area contributed by atoms with E-state index in [1.807, 2.05) is 12.1 Å². The van der Waals surface area contributed by atoms with E-state index < -0.39 is 0 Å². The summed E-state index contributed by atoms with van der Waals surface area (Å²) in [4.78, 5) is 20.1. The lowest BCUT2D eigenvalue weighted by Crippen LogP contribution is -2.48. The Bertz CT molecular complexity index is 905. The molecule has 7 heteroatoms. The van der Waals surface area contributed by atoms with Crippen molar-refractivity contribution in [3.63, 3.8) is 0 Å². The predicted molar refractivity (Wildman–Crippen MR) is 124 cm³/mol. The maximum Gasteiger partial charge on any atom is 0.255 e. The molecule has 0 spiro atoms. The molecule has 2 saturated heterocycles. The Morgan fingerprint density at radius 2 is 1.97 bits per heavy atom. The molecule has 2 aliphatic rings. The SMILES string of the molecule is COc1ccc(C(=O)Nc2cccnc2SC[C@@H]2CCCN3CCCC[C@H]23)cc1OC. The number of benzene rings is 1. The van der Waals surface area contributed by atoms with Crippen LogP contribution in [0.5, 0.6) is 11.5 Å². The number of rotatable bonds is 7. The summed E-state index contributed by atoms with van der Waals surface area (Å²) >= 11 is 1.76. The van der Waals surface area contributed by atoms with Crippen molar-refractivity contribution in [2.75, 3.05) is 38.4 Å². The number of fused-ring (bicyclic) bond motifs is 1. The largest absolute Gasteiger partial charge is 0.493 e. The molecule has 1 N–H and O–H groups in total. The third-order valence-electron chi connectivity index (χ3n) is 6.33. The fourth-order valence-corrected chi connectivity index (χ4v) is 5.90. The van der Waals surface area contributed by atoms with Gasteiger partial charge < -0.3 is 19.7 Å². The van der Waals surface area contributed by atoms with Crippen LogP contribution in [0.4, 0.5) is 5.69 Å². The second-order valence-corrected chi connectivity index (χ2v) is 9.20. The number of anilines is 1. The molecule has 0 bridgehead atoms. The summed E-state index contributed by atoms with van der Waals surface area (Å²) in [6, 6.07) is 9.66. The number of ether oxygens (including phenoxy) is 2. The topological polar surface area (TPSA) is 63.7 Å². The molecule has 0 unspecified atom stereocenters. The van der Waals surface area contributed by atoms with Crippen molar-refractivity contribution in [3.8, 4) is 11.5 Å². The Hall–Kier alpha value is -2.25. The van der Waals surface area contributed by atoms with Crippen LogP contribution in [0.1, 0.15) is 42.5 Å². The van der Waals surface area contributed by atoms with E-state index in [1.54, 1.807) is 50.4 Å². The average molecular weight is 442 g/mol. The summed E-state index contributed by atoms with van der Waals surface area (Å²) in [5.74, 6) is 2.67. The number of hydrogen-bond acceptors (Lipinski definition) is 6. The lowest BCUT2D eigenvalue weighted by atomic mass is 9.85. The number of nitrogens with zero attached hydrogens (tertiary/aromatic N) is 2. The van der Waals surface area contributed by atoms with Crippen LogP contribution in [0.15, 0.2) is 41.6 Å². The van der Waals surface area contributed by atoms with E-state index in [9.17, 15) is 4.79 Å². The lowest BCUT2D eigenvalue weighted by molar-refractivity contribution is 0.0693. The molecule has 3 heterocycles. The van der Waals surface area contributed by atoms with Crippen molar-refractivity contribution in [3.05, 3.63) is 42.1 Å². The van der Waals surface area contributed by atoms with Crippen molar-refractivity contribution >= 4 is 23.4 Å². The van der Waals surface area contributed by atoms with Crippen LogP contribution >= 0.6 is 11.8 Å². The Labute approximate surface area is 188 Å². The molecular formula is C24H31N3O3S. The van der Waals surface area contributed by atoms with Gasteiger partial charge in [0, 0.05) is 23.6 Å². The smallest absolute Gasteiger partial charge is 0.255 e. The number of carbonyl (C=O) groups is 1. The van der Waals surface area contributed by atoms with Crippen molar-refractivity contribution in [1.82, 2.24) is 9.88 Å². The molecule has 2 aromatic rings. The van der Waals surface area contributed by atoms with Gasteiger partial charge in [-0.25, -0.2) is 4.98 Å². The molecular weight excluding hydrogens is 410 g/mol. The number of piperidine rings is 2. The number of pyridine rings is 1. The molecule has 2 fully saturated rings. The molecule has 2 aliphatic heterocycles. The Morgan fingerprint density at radius 3 is 2.81 bits per heavy atom. The third kappa shape index (κ3) is 5.15. The Kier molecular flexibility index (Phi) is 7.35. The minimum absolute atomic E-state index is 0.188. The van der Waals surface area contributed by atoms with Gasteiger partial charge in [0.2, 0.25) is 0 Å². The zero-order valence-electron chi connectivity index (χ0n) is 18.3. The maximum atomic E-state index is 12.9. The predicted octanol–water partition coefficient (Wildman–Crippen LogP) is 4.71. The van der Waals surface area contributed by atoms with Crippen molar-refractivity contribution in [1.29, 1.82) is 0 Å². The fourth-order valence-electron chi connectivity index (χ4n) is 4.73. The van der Waals surface area contributed by atoms with Gasteiger partial charge in [-0.1, -0.05) is 6.42 Å². The zero-order valence-corrected chi connectivity index (χ0v) is 19.1. The maximum absolute atomic E-state index is 12.9. The highest BCUT2D eigenvalue weighted by Crippen LogP contribution is 2.36. The van der Waals surface area contributed by atoms with Crippen LogP contribution in [0, 0.1) is 5.92 Å². The van der Waals surface area contributed by atoms with Gasteiger partial charge in [0.1, 0.15) is 5.03 Å². The van der Waals surface area contributed by atoms with Crippen molar-refractivity contribution in [2.24, 2.45) is 5.92 Å². The first-order valence-electron chi connectivity index (χ1n) is 11.0. The van der Waals surface area contributed by atoms with Crippen LogP contribution in [-0.4, -0.2) is 54.9 Å². The highest BCUT2D eigenvalue weighted by Gasteiger charge is 2.33. The molecule has 0 radical (unpaired) electrons. The lowest BCUT2D eigenvalue weighted by Gasteiger charge is -2.44. The summed E-state index contributed by atoms with van der Waals surface area (Å²) in [7, 11) is 3.14. The zero-order chi connectivity index (χ0) is 21.6. The molecule has 1 aromatic heterocycles. The summed E-state index contributed by atoms with van der Waals surface area (Å²) < 4.78 is 10.6. The fraction of sp³-hybridized carbons (Fsp3) is 0.500. The molecule has 2 atom stereocenters. The van der Waals surface area contributed by atoms with E-state index in [0.717, 1.165) is 16.5 Å². The van der Waals surface area contributed by atoms with Gasteiger partial charge in [0.25, 0.3) is 5.91 Å². The number of methoxy groups -OCH3 is 2. The van der Waals surface area contributed by atoms with Gasteiger partial charge in [0.05, 0.1) is 19.9 Å². The Morgan fingerprint density at radius 1 is 1.13 bits per heavy atom. The van der Waals surface area contributed by atoms with Gasteiger partial charge >= 0.3 is 0 Å². The third-order valence-corrected chi connectivity index (χ3v) is 7.52. The summed E-state index contributed by atoms with van der Waals surface area (Å²) in [5.41, 5.74) is 1.27. The van der Waals surface area contributed by atoms with Gasteiger partial charge in [0.15, 0.2) is 11.5 Å². The highest BCUT2D eigenvalue weighted by molar-refractivity contribution is 7.99. The van der Waals surface area contributed by atoms with E-state index in [-0.39, 0.29) is 5.91 Å². The number of carbonyl (C=O) groups excluding carboxylic acids is 1. The molecule has 4 rings (SSSR count). The van der Waals surface area contributed by atoms with Crippen LogP contribution in [0.3, 0.4) is 0 Å². The molecule has 1 amide bonds. The quantitative estimate of drug-likeness (QED) is 0.628. The standard InChI is InChI=1S/C24H31N3O3S/c1-29-21-11-10-17(15-22(21)30-2)23(28)26-19-8-5-12-25-24(19)31-16-18-7-6-14-27-13-4-3-9-20(18)27/h5,8,10-12,15,18,20H,3-4,6-7,9,13-14,16H2,1-2H3,(H,26,28)/t18-,20+/m0/s1. The minimum atomic E-state index is -0.188. The number of amides is 1. The first-order valence-corrected chi connectivity index (χ1v) is 12.0. The summed E-state index contributed by atoms with van der Waals surface area (Å²) in [5, 5.41) is 3.91. The Balaban J connectivity index is 1.43. The van der Waals surface area contributed by atoms with E-state index in [0.29, 0.717) is 29.0 Å². The normalized spacial score (nSPS) is 21.2. The molecule has 0 aliphatic carbocycles. The van der Waals surface area contributed by atoms with Gasteiger partial charge in [-0.15, -0.1) is 11.8 Å². The summed E-state index contributed by atoms with van der Waals surface area (Å²) in [6.45, 7) is 2.50. The van der Waals surface area contributed by atoms with Crippen LogP contribution < -0.4 is 14.8 Å². The van der Waals surface area contributed by atoms with E-state index in [2.05, 4.69) is 15.2 Å². The highest BCUT2D eigenvalue weighted by atomic mass is 32.2. The van der Waals surface area contributed by atoms with Crippen molar-refractivity contribution < 1.29 is 14.3 Å². The molecule has 166 valence electrons. The van der Waals surface area contributed by atoms with Crippen molar-refractivity contribution in [2.45, 2.75) is 43.2 Å². The molecule has 0 saturated carbocycles. The van der Waals surface area contributed by atoms with E-state index in [1.165, 1.54) is 45.2 Å². The number of hydrogen-bond donors (Lipinski definition) is 1. The number of thioether (sulfide) groups is 1.